The predicted octanol–water partition coefficient (Wildman–Crippen LogP) is 5.53. The van der Waals surface area contributed by atoms with Crippen LogP contribution in [-0.2, 0) is 5.54 Å². The van der Waals surface area contributed by atoms with E-state index < -0.39 is 0 Å². The van der Waals surface area contributed by atoms with Gasteiger partial charge in [-0.1, -0.05) is 62.9 Å². The first kappa shape index (κ1) is 16.8. The minimum absolute atomic E-state index is 0. The Morgan fingerprint density at radius 2 is 1.71 bits per heavy atom. The van der Waals surface area contributed by atoms with E-state index in [1.54, 1.807) is 5.56 Å². The highest BCUT2D eigenvalue weighted by Crippen LogP contribution is 2.45. The van der Waals surface area contributed by atoms with Gasteiger partial charge in [-0.2, -0.15) is 0 Å². The summed E-state index contributed by atoms with van der Waals surface area (Å²) in [6.07, 6.45) is 12.5. The third kappa shape index (κ3) is 3.29. The molecule has 1 aromatic carbocycles. The normalized spacial score (nSPS) is 26.0. The van der Waals surface area contributed by atoms with E-state index in [-0.39, 0.29) is 12.4 Å². The van der Waals surface area contributed by atoms with Crippen molar-refractivity contribution in [2.75, 3.05) is 6.54 Å². The van der Waals surface area contributed by atoms with Gasteiger partial charge in [-0.05, 0) is 44.2 Å². The van der Waals surface area contributed by atoms with Crippen LogP contribution in [0.1, 0.15) is 70.3 Å². The smallest absolute Gasteiger partial charge is 0.0463 e. The largest absolute Gasteiger partial charge is 0.291 e. The maximum atomic E-state index is 2.91. The molecule has 1 heterocycles. The van der Waals surface area contributed by atoms with E-state index in [2.05, 4.69) is 42.2 Å². The maximum Gasteiger partial charge on any atom is 0.0463 e. The van der Waals surface area contributed by atoms with Gasteiger partial charge in [0, 0.05) is 11.6 Å². The van der Waals surface area contributed by atoms with Crippen LogP contribution in [0, 0.1) is 0 Å². The number of hydrogen-bond donors (Lipinski definition) is 0. The fourth-order valence-corrected chi connectivity index (χ4v) is 4.62. The van der Waals surface area contributed by atoms with E-state index in [1.165, 1.54) is 64.3 Å². The highest BCUT2D eigenvalue weighted by Gasteiger charge is 2.42. The quantitative estimate of drug-likeness (QED) is 0.709. The zero-order valence-electron chi connectivity index (χ0n) is 13.4. The molecule has 118 valence electrons. The van der Waals surface area contributed by atoms with Gasteiger partial charge in [0.1, 0.15) is 0 Å². The number of benzene rings is 1. The number of rotatable bonds is 3. The Kier molecular flexibility index (Phi) is 6.13. The first-order valence-corrected chi connectivity index (χ1v) is 8.69. The second-order valence-corrected chi connectivity index (χ2v) is 6.71. The predicted molar refractivity (Wildman–Crippen MR) is 93.1 cm³/mol. The minimum Gasteiger partial charge on any atom is -0.291 e. The molecule has 0 amide bonds. The van der Waals surface area contributed by atoms with E-state index >= 15 is 0 Å². The average Bonchev–Trinajstić information content (AvgIpc) is 2.56. The molecule has 1 saturated heterocycles. The lowest BCUT2D eigenvalue weighted by molar-refractivity contribution is -0.0138. The van der Waals surface area contributed by atoms with Crippen LogP contribution >= 0.6 is 12.4 Å². The van der Waals surface area contributed by atoms with Crippen molar-refractivity contribution < 1.29 is 0 Å². The van der Waals surface area contributed by atoms with Crippen LogP contribution in [0.25, 0.3) is 0 Å². The first-order valence-electron chi connectivity index (χ1n) is 8.69. The second kappa shape index (κ2) is 7.65. The summed E-state index contributed by atoms with van der Waals surface area (Å²) in [5.41, 5.74) is 1.93. The zero-order chi connectivity index (χ0) is 13.8. The summed E-state index contributed by atoms with van der Waals surface area (Å²) in [5.74, 6) is 0. The van der Waals surface area contributed by atoms with Crippen LogP contribution in [-0.4, -0.2) is 17.5 Å². The van der Waals surface area contributed by atoms with Crippen molar-refractivity contribution in [3.05, 3.63) is 35.9 Å². The molecule has 0 bridgehead atoms. The van der Waals surface area contributed by atoms with E-state index in [4.69, 9.17) is 0 Å². The Balaban J connectivity index is 0.00000161. The molecule has 0 aromatic heterocycles. The summed E-state index contributed by atoms with van der Waals surface area (Å²) in [6, 6.07) is 12.2. The first-order chi connectivity index (χ1) is 9.87. The van der Waals surface area contributed by atoms with Crippen molar-refractivity contribution in [2.45, 2.75) is 76.3 Å². The maximum absolute atomic E-state index is 2.91. The lowest BCUT2D eigenvalue weighted by Crippen LogP contribution is -2.54. The minimum atomic E-state index is 0. The van der Waals surface area contributed by atoms with E-state index in [1.807, 2.05) is 0 Å². The number of hydrogen-bond acceptors (Lipinski definition) is 1. The number of likely N-dealkylation sites (tertiary alicyclic amines) is 1. The van der Waals surface area contributed by atoms with Crippen LogP contribution < -0.4 is 0 Å². The molecule has 2 fully saturated rings. The summed E-state index contributed by atoms with van der Waals surface area (Å²) >= 11 is 0. The Hall–Kier alpha value is -0.530. The van der Waals surface area contributed by atoms with E-state index in [0.717, 1.165) is 6.04 Å². The lowest BCUT2D eigenvalue weighted by atomic mass is 9.73. The Labute approximate surface area is 136 Å². The molecule has 1 aliphatic heterocycles. The molecule has 1 nitrogen and oxygen atoms in total. The van der Waals surface area contributed by atoms with Crippen molar-refractivity contribution in [1.29, 1.82) is 0 Å². The van der Waals surface area contributed by atoms with E-state index in [0.29, 0.717) is 5.54 Å². The van der Waals surface area contributed by atoms with Gasteiger partial charge in [-0.3, -0.25) is 4.90 Å². The molecule has 2 heteroatoms. The molecule has 3 rings (SSSR count). The third-order valence-electron chi connectivity index (χ3n) is 5.64. The van der Waals surface area contributed by atoms with Crippen molar-refractivity contribution in [1.82, 2.24) is 4.90 Å². The Morgan fingerprint density at radius 3 is 2.38 bits per heavy atom. The van der Waals surface area contributed by atoms with Crippen molar-refractivity contribution in [3.8, 4) is 0 Å². The van der Waals surface area contributed by atoms with Gasteiger partial charge in [0.25, 0.3) is 0 Å². The van der Waals surface area contributed by atoms with Gasteiger partial charge < -0.3 is 0 Å². The fraction of sp³-hybridized carbons (Fsp3) is 0.684. The highest BCUT2D eigenvalue weighted by molar-refractivity contribution is 5.85. The van der Waals surface area contributed by atoms with Crippen molar-refractivity contribution in [3.63, 3.8) is 0 Å². The number of piperidine rings is 1. The van der Waals surface area contributed by atoms with Gasteiger partial charge in [0.15, 0.2) is 0 Å². The van der Waals surface area contributed by atoms with Crippen molar-refractivity contribution in [2.24, 2.45) is 0 Å². The van der Waals surface area contributed by atoms with Gasteiger partial charge >= 0.3 is 0 Å². The third-order valence-corrected chi connectivity index (χ3v) is 5.64. The van der Waals surface area contributed by atoms with E-state index in [9.17, 15) is 0 Å². The zero-order valence-corrected chi connectivity index (χ0v) is 14.2. The summed E-state index contributed by atoms with van der Waals surface area (Å²) in [7, 11) is 0. The highest BCUT2D eigenvalue weighted by atomic mass is 35.5. The Morgan fingerprint density at radius 1 is 1.00 bits per heavy atom. The molecular weight excluding hydrogens is 278 g/mol. The van der Waals surface area contributed by atoms with Crippen LogP contribution in [0.15, 0.2) is 30.3 Å². The van der Waals surface area contributed by atoms with Gasteiger partial charge in [0.2, 0.25) is 0 Å². The molecule has 2 aliphatic rings. The molecule has 1 unspecified atom stereocenters. The van der Waals surface area contributed by atoms with Gasteiger partial charge in [-0.25, -0.2) is 0 Å². The number of nitrogens with zero attached hydrogens (tertiary/aromatic N) is 1. The standard InChI is InChI=1S/C19H29N.ClH/c1-2-18-13-7-10-16-20(18)19(14-8-4-9-15-19)17-11-5-3-6-12-17;/h3,5-6,11-12,18H,2,4,7-10,13-16H2,1H3;1H. The van der Waals surface area contributed by atoms with Gasteiger partial charge in [0.05, 0.1) is 0 Å². The summed E-state index contributed by atoms with van der Waals surface area (Å²) in [5, 5.41) is 0. The molecule has 0 N–H and O–H groups in total. The molecule has 1 aliphatic carbocycles. The molecule has 1 saturated carbocycles. The summed E-state index contributed by atoms with van der Waals surface area (Å²) in [6.45, 7) is 3.69. The van der Waals surface area contributed by atoms with Crippen molar-refractivity contribution >= 4 is 12.4 Å². The molecule has 0 spiro atoms. The summed E-state index contributed by atoms with van der Waals surface area (Å²) in [4.78, 5) is 2.91. The Bertz CT molecular complexity index is 411. The van der Waals surface area contributed by atoms with Crippen LogP contribution in [0.3, 0.4) is 0 Å². The van der Waals surface area contributed by atoms with Crippen LogP contribution in [0.5, 0.6) is 0 Å². The topological polar surface area (TPSA) is 3.24 Å². The molecule has 21 heavy (non-hydrogen) atoms. The average molecular weight is 308 g/mol. The molecule has 1 aromatic rings. The lowest BCUT2D eigenvalue weighted by Gasteiger charge is -2.52. The molecular formula is C19H30ClN. The fourth-order valence-electron chi connectivity index (χ4n) is 4.62. The SMILES string of the molecule is CCC1CCCCN1C1(c2ccccc2)CCCCC1.Cl. The van der Waals surface area contributed by atoms with Gasteiger partial charge in [-0.15, -0.1) is 12.4 Å². The second-order valence-electron chi connectivity index (χ2n) is 6.71. The van der Waals surface area contributed by atoms with Crippen LogP contribution in [0.4, 0.5) is 0 Å². The summed E-state index contributed by atoms with van der Waals surface area (Å²) < 4.78 is 0. The number of halogens is 1. The molecule has 1 atom stereocenters. The monoisotopic (exact) mass is 307 g/mol. The molecule has 0 radical (unpaired) electrons. The van der Waals surface area contributed by atoms with Crippen LogP contribution in [0.2, 0.25) is 0 Å².